The zero-order valence-corrected chi connectivity index (χ0v) is 12.0. The summed E-state index contributed by atoms with van der Waals surface area (Å²) in [6, 6.07) is 1.89. The number of carbonyl (C=O) groups is 1. The molecule has 5 nitrogen and oxygen atoms in total. The van der Waals surface area contributed by atoms with Gasteiger partial charge in [-0.2, -0.15) is 5.26 Å². The van der Waals surface area contributed by atoms with E-state index in [-0.39, 0.29) is 11.5 Å². The molecule has 0 bridgehead atoms. The van der Waals surface area contributed by atoms with Gasteiger partial charge >= 0.3 is 0 Å². The van der Waals surface area contributed by atoms with Crippen molar-refractivity contribution in [3.05, 3.63) is 34.9 Å². The first-order valence-corrected chi connectivity index (χ1v) is 6.61. The first-order chi connectivity index (χ1) is 9.44. The fourth-order valence-electron chi connectivity index (χ4n) is 2.03. The van der Waals surface area contributed by atoms with E-state index in [0.717, 1.165) is 0 Å². The van der Waals surface area contributed by atoms with Gasteiger partial charge in [0.15, 0.2) is 0 Å². The van der Waals surface area contributed by atoms with E-state index in [1.165, 1.54) is 12.2 Å². The lowest BCUT2D eigenvalue weighted by Gasteiger charge is -2.21. The second-order valence-corrected chi connectivity index (χ2v) is 4.64. The molecule has 0 radical (unpaired) electrons. The molecule has 0 aromatic carbocycles. The lowest BCUT2D eigenvalue weighted by Crippen LogP contribution is -2.31. The number of nitrogens with zero attached hydrogens (tertiary/aromatic N) is 2. The second kappa shape index (κ2) is 7.04. The van der Waals surface area contributed by atoms with Crippen LogP contribution in [0.4, 0.5) is 0 Å². The van der Waals surface area contributed by atoms with Crippen LogP contribution in [-0.2, 0) is 4.79 Å². The van der Waals surface area contributed by atoms with Crippen LogP contribution in [0.15, 0.2) is 34.9 Å². The van der Waals surface area contributed by atoms with Crippen LogP contribution in [0.2, 0.25) is 0 Å². The molecule has 1 amide bonds. The van der Waals surface area contributed by atoms with Gasteiger partial charge in [0, 0.05) is 13.1 Å². The predicted octanol–water partition coefficient (Wildman–Crippen LogP) is 0.913. The highest BCUT2D eigenvalue weighted by atomic mass is 16.3. The zero-order chi connectivity index (χ0) is 15.3. The van der Waals surface area contributed by atoms with Gasteiger partial charge in [0.1, 0.15) is 23.9 Å². The van der Waals surface area contributed by atoms with E-state index in [0.29, 0.717) is 24.2 Å². The third kappa shape index (κ3) is 3.56. The van der Waals surface area contributed by atoms with E-state index in [4.69, 9.17) is 5.26 Å². The van der Waals surface area contributed by atoms with Crippen LogP contribution in [0.3, 0.4) is 0 Å². The van der Waals surface area contributed by atoms with Gasteiger partial charge in [-0.3, -0.25) is 4.79 Å². The Hall–Kier alpha value is -1.90. The summed E-state index contributed by atoms with van der Waals surface area (Å²) in [6.45, 7) is 6.45. The quantitative estimate of drug-likeness (QED) is 0.590. The molecule has 0 saturated carbocycles. The van der Waals surface area contributed by atoms with Crippen molar-refractivity contribution in [2.45, 2.75) is 33.0 Å². The Morgan fingerprint density at radius 1 is 1.45 bits per heavy atom. The van der Waals surface area contributed by atoms with E-state index < -0.39 is 12.2 Å². The molecule has 0 aromatic rings. The lowest BCUT2D eigenvalue weighted by molar-refractivity contribution is -0.126. The van der Waals surface area contributed by atoms with Gasteiger partial charge in [0.2, 0.25) is 0 Å². The molecule has 5 heteroatoms. The third-order valence-electron chi connectivity index (χ3n) is 3.26. The minimum atomic E-state index is -1.02. The molecule has 2 N–H and O–H groups in total. The summed E-state index contributed by atoms with van der Waals surface area (Å²) in [5.41, 5.74) is 1.17. The van der Waals surface area contributed by atoms with Gasteiger partial charge in [0.25, 0.3) is 5.91 Å². The summed E-state index contributed by atoms with van der Waals surface area (Å²) >= 11 is 0. The molecule has 1 aliphatic carbocycles. The number of likely N-dealkylation sites (N-methyl/N-ethyl adjacent to an activating group) is 1. The number of carbonyl (C=O) groups excluding carboxylic acids is 1. The molecule has 0 heterocycles. The van der Waals surface area contributed by atoms with Gasteiger partial charge in [0.05, 0.1) is 0 Å². The fraction of sp³-hybridized carbons (Fsp3) is 0.467. The Kier molecular flexibility index (Phi) is 5.68. The predicted molar refractivity (Wildman–Crippen MR) is 75.5 cm³/mol. The maximum absolute atomic E-state index is 12.1. The maximum Gasteiger partial charge on any atom is 0.264 e. The van der Waals surface area contributed by atoms with Crippen molar-refractivity contribution in [1.82, 2.24) is 4.90 Å². The standard InChI is InChI=1S/C15H20N2O3/c1-4-17(5-2)15(20)12(9-16)7-11-6-10(3)14(19)13(18)8-11/h6-8,13-14,18-19H,4-5H2,1-3H3/b12-7+. The second-order valence-electron chi connectivity index (χ2n) is 4.64. The summed E-state index contributed by atoms with van der Waals surface area (Å²) in [6.07, 6.45) is 2.58. The van der Waals surface area contributed by atoms with Gasteiger partial charge in [-0.1, -0.05) is 6.08 Å². The molecule has 0 aromatic heterocycles. The number of hydrogen-bond donors (Lipinski definition) is 2. The zero-order valence-electron chi connectivity index (χ0n) is 12.0. The summed E-state index contributed by atoms with van der Waals surface area (Å²) in [7, 11) is 0. The van der Waals surface area contributed by atoms with Gasteiger partial charge in [-0.05, 0) is 44.1 Å². The average Bonchev–Trinajstić information content (AvgIpc) is 2.43. The van der Waals surface area contributed by atoms with Gasteiger partial charge in [-0.15, -0.1) is 0 Å². The lowest BCUT2D eigenvalue weighted by atomic mass is 9.94. The van der Waals surface area contributed by atoms with Crippen LogP contribution < -0.4 is 0 Å². The Bertz CT molecular complexity index is 508. The van der Waals surface area contributed by atoms with Crippen LogP contribution in [0.1, 0.15) is 20.8 Å². The monoisotopic (exact) mass is 276 g/mol. The van der Waals surface area contributed by atoms with Crippen LogP contribution in [0.5, 0.6) is 0 Å². The molecule has 108 valence electrons. The number of aliphatic hydroxyl groups excluding tert-OH is 2. The molecule has 2 atom stereocenters. The van der Waals surface area contributed by atoms with Gasteiger partial charge < -0.3 is 15.1 Å². The molecule has 20 heavy (non-hydrogen) atoms. The maximum atomic E-state index is 12.1. The van der Waals surface area contributed by atoms with E-state index in [9.17, 15) is 15.0 Å². The number of aliphatic hydroxyl groups is 2. The largest absolute Gasteiger partial charge is 0.386 e. The number of allylic oxidation sites excluding steroid dienone is 3. The van der Waals surface area contributed by atoms with Crippen molar-refractivity contribution in [3.8, 4) is 6.07 Å². The highest BCUT2D eigenvalue weighted by molar-refractivity contribution is 5.97. The Balaban J connectivity index is 3.05. The van der Waals surface area contributed by atoms with Crippen molar-refractivity contribution in [3.63, 3.8) is 0 Å². The van der Waals surface area contributed by atoms with Crippen molar-refractivity contribution < 1.29 is 15.0 Å². The minimum absolute atomic E-state index is 0.0209. The number of nitriles is 1. The number of rotatable bonds is 4. The van der Waals surface area contributed by atoms with E-state index in [2.05, 4.69) is 0 Å². The highest BCUT2D eigenvalue weighted by Gasteiger charge is 2.21. The summed E-state index contributed by atoms with van der Waals surface area (Å²) < 4.78 is 0. The molecular weight excluding hydrogens is 256 g/mol. The van der Waals surface area contributed by atoms with Crippen molar-refractivity contribution in [2.75, 3.05) is 13.1 Å². The summed E-state index contributed by atoms with van der Waals surface area (Å²) in [4.78, 5) is 13.7. The number of hydrogen-bond acceptors (Lipinski definition) is 4. The minimum Gasteiger partial charge on any atom is -0.386 e. The van der Waals surface area contributed by atoms with E-state index in [1.54, 1.807) is 17.9 Å². The van der Waals surface area contributed by atoms with Gasteiger partial charge in [-0.25, -0.2) is 0 Å². The van der Waals surface area contributed by atoms with Crippen LogP contribution in [0.25, 0.3) is 0 Å². The fourth-order valence-corrected chi connectivity index (χ4v) is 2.03. The van der Waals surface area contributed by atoms with Crippen LogP contribution in [0, 0.1) is 11.3 Å². The Morgan fingerprint density at radius 2 is 2.05 bits per heavy atom. The smallest absolute Gasteiger partial charge is 0.264 e. The Morgan fingerprint density at radius 3 is 2.50 bits per heavy atom. The highest BCUT2D eigenvalue weighted by Crippen LogP contribution is 2.20. The first kappa shape index (κ1) is 16.2. The molecule has 2 unspecified atom stereocenters. The average molecular weight is 276 g/mol. The third-order valence-corrected chi connectivity index (χ3v) is 3.26. The molecule has 0 fully saturated rings. The normalized spacial score (nSPS) is 22.7. The van der Waals surface area contributed by atoms with Crippen molar-refractivity contribution in [2.24, 2.45) is 0 Å². The molecule has 0 aliphatic heterocycles. The van der Waals surface area contributed by atoms with Crippen molar-refractivity contribution in [1.29, 1.82) is 5.26 Å². The molecular formula is C15H20N2O3. The topological polar surface area (TPSA) is 84.6 Å². The molecule has 0 spiro atoms. The van der Waals surface area contributed by atoms with Crippen LogP contribution in [-0.4, -0.2) is 46.3 Å². The summed E-state index contributed by atoms with van der Waals surface area (Å²) in [5, 5.41) is 28.4. The number of amides is 1. The molecule has 1 rings (SSSR count). The SMILES string of the molecule is CCN(CC)C(=O)/C(C#N)=C/C1=CC(O)C(O)C(C)=C1. The molecule has 1 aliphatic rings. The first-order valence-electron chi connectivity index (χ1n) is 6.61. The van der Waals surface area contributed by atoms with E-state index >= 15 is 0 Å². The molecule has 0 saturated heterocycles. The Labute approximate surface area is 119 Å². The van der Waals surface area contributed by atoms with E-state index in [1.807, 2.05) is 19.9 Å². The van der Waals surface area contributed by atoms with Crippen molar-refractivity contribution >= 4 is 5.91 Å². The van der Waals surface area contributed by atoms with Crippen LogP contribution >= 0.6 is 0 Å². The summed E-state index contributed by atoms with van der Waals surface area (Å²) in [5.74, 6) is -0.329.